The van der Waals surface area contributed by atoms with Crippen LogP contribution in [0.25, 0.3) is 0 Å². The Kier molecular flexibility index (Phi) is 11.3. The Morgan fingerprint density at radius 1 is 1.15 bits per heavy atom. The van der Waals surface area contributed by atoms with E-state index in [1.807, 2.05) is 26.8 Å². The molecule has 0 aliphatic heterocycles. The molecule has 48 heavy (non-hydrogen) atoms. The van der Waals surface area contributed by atoms with Crippen LogP contribution in [-0.4, -0.2) is 84.0 Å². The summed E-state index contributed by atoms with van der Waals surface area (Å²) in [5, 5.41) is 21.0. The highest BCUT2D eigenvalue weighted by Crippen LogP contribution is 2.69. The van der Waals surface area contributed by atoms with Gasteiger partial charge in [0, 0.05) is 29.1 Å². The summed E-state index contributed by atoms with van der Waals surface area (Å²) in [5.41, 5.74) is 3.51. The van der Waals surface area contributed by atoms with E-state index in [1.165, 1.54) is 0 Å². The van der Waals surface area contributed by atoms with Gasteiger partial charge in [0.05, 0.1) is 19.3 Å². The Labute approximate surface area is 278 Å². The molecule has 0 aromatic heterocycles. The normalized spacial score (nSPS) is 34.0. The number of carbonyl (C=O) groups excluding carboxylic acids is 5. The minimum atomic E-state index is -1.70. The standard InChI is InChI=1S/C33H46N2O13/c1-5-27(39)48-33(26(38)18-46-30(41)45-17-24(34)29(40)44-12-6-7-13-47-35(42)43)19(2)14-23-22-9-8-20-15-21(36)10-11-31(20,3)28(22)25(37)16-32(23,33)4/h10-11,15,19,22-25,28,37H,5-9,12-14,16-18,34H2,1-4H3/t19-,22-,23?,24?,25-,28?,31-,32-,33?/m0/s1. The van der Waals surface area contributed by atoms with Crippen LogP contribution >= 0.6 is 0 Å². The Balaban J connectivity index is 1.42. The first-order valence-electron chi connectivity index (χ1n) is 16.5. The van der Waals surface area contributed by atoms with Crippen LogP contribution in [-0.2, 0) is 43.0 Å². The lowest BCUT2D eigenvalue weighted by Crippen LogP contribution is -2.64. The van der Waals surface area contributed by atoms with Crippen molar-refractivity contribution in [2.45, 2.75) is 90.4 Å². The molecule has 0 aromatic carbocycles. The van der Waals surface area contributed by atoms with Gasteiger partial charge in [-0.25, -0.2) is 4.79 Å². The lowest BCUT2D eigenvalue weighted by molar-refractivity contribution is -0.757. The van der Waals surface area contributed by atoms with Crippen molar-refractivity contribution in [1.82, 2.24) is 0 Å². The first-order chi connectivity index (χ1) is 22.6. The van der Waals surface area contributed by atoms with Gasteiger partial charge in [-0.3, -0.25) is 19.2 Å². The maximum Gasteiger partial charge on any atom is 0.508 e. The second-order valence-corrected chi connectivity index (χ2v) is 13.7. The van der Waals surface area contributed by atoms with Crippen LogP contribution in [0, 0.1) is 44.6 Å². The van der Waals surface area contributed by atoms with E-state index < -0.39 is 76.7 Å². The third kappa shape index (κ3) is 6.98. The third-order valence-corrected chi connectivity index (χ3v) is 11.0. The summed E-state index contributed by atoms with van der Waals surface area (Å²) in [4.78, 5) is 78.1. The second kappa shape index (κ2) is 14.7. The van der Waals surface area contributed by atoms with Crippen LogP contribution in [0.5, 0.6) is 0 Å². The zero-order chi connectivity index (χ0) is 35.4. The van der Waals surface area contributed by atoms with Gasteiger partial charge in [-0.1, -0.05) is 39.3 Å². The first kappa shape index (κ1) is 37.0. The smallest absolute Gasteiger partial charge is 0.464 e. The van der Waals surface area contributed by atoms with Crippen LogP contribution < -0.4 is 5.73 Å². The van der Waals surface area contributed by atoms with Crippen molar-refractivity contribution in [3.8, 4) is 0 Å². The van der Waals surface area contributed by atoms with Crippen LogP contribution in [0.1, 0.15) is 72.6 Å². The Hall–Kier alpha value is -3.85. The number of nitrogens with zero attached hydrogens (tertiary/aromatic N) is 1. The van der Waals surface area contributed by atoms with Crippen molar-refractivity contribution in [3.05, 3.63) is 33.9 Å². The molecule has 4 unspecified atom stereocenters. The number of ketones is 2. The maximum absolute atomic E-state index is 14.2. The molecule has 0 saturated heterocycles. The fourth-order valence-electron chi connectivity index (χ4n) is 8.89. The largest absolute Gasteiger partial charge is 0.508 e. The molecule has 3 fully saturated rings. The number of hydrogen-bond acceptors (Lipinski definition) is 14. The Morgan fingerprint density at radius 3 is 2.54 bits per heavy atom. The van der Waals surface area contributed by atoms with Gasteiger partial charge in [-0.2, -0.15) is 0 Å². The van der Waals surface area contributed by atoms with Gasteiger partial charge in [0.2, 0.25) is 5.78 Å². The minimum absolute atomic E-state index is 0.00566. The van der Waals surface area contributed by atoms with Gasteiger partial charge in [0.25, 0.3) is 5.09 Å². The molecule has 15 nitrogen and oxygen atoms in total. The number of aliphatic hydroxyl groups excluding tert-OH is 1. The fraction of sp³-hybridized carbons (Fsp3) is 0.727. The summed E-state index contributed by atoms with van der Waals surface area (Å²) in [5.74, 6) is -3.00. The highest BCUT2D eigenvalue weighted by Gasteiger charge is 2.73. The number of carbonyl (C=O) groups is 5. The predicted octanol–water partition coefficient (Wildman–Crippen LogP) is 2.78. The monoisotopic (exact) mass is 678 g/mol. The van der Waals surface area contributed by atoms with E-state index in [1.54, 1.807) is 19.1 Å². The third-order valence-electron chi connectivity index (χ3n) is 11.0. The number of unbranched alkanes of at least 4 members (excludes halogenated alkanes) is 1. The van der Waals surface area contributed by atoms with Gasteiger partial charge in [0.1, 0.15) is 12.6 Å². The topological polar surface area (TPSA) is 221 Å². The molecule has 266 valence electrons. The van der Waals surface area contributed by atoms with Gasteiger partial charge in [-0.15, -0.1) is 10.1 Å². The molecular weight excluding hydrogens is 632 g/mol. The van der Waals surface area contributed by atoms with E-state index in [4.69, 9.17) is 24.7 Å². The number of esters is 2. The molecule has 4 aliphatic carbocycles. The lowest BCUT2D eigenvalue weighted by Gasteiger charge is -2.60. The van der Waals surface area contributed by atoms with Crippen molar-refractivity contribution in [3.63, 3.8) is 0 Å². The molecule has 0 bridgehead atoms. The highest BCUT2D eigenvalue weighted by molar-refractivity contribution is 6.01. The zero-order valence-corrected chi connectivity index (χ0v) is 27.8. The number of Topliss-reactive ketones (excluding diaryl/α,β-unsaturated/α-hetero) is 1. The van der Waals surface area contributed by atoms with Crippen LogP contribution in [0.3, 0.4) is 0 Å². The van der Waals surface area contributed by atoms with Crippen LogP contribution in [0.15, 0.2) is 23.8 Å². The summed E-state index contributed by atoms with van der Waals surface area (Å²) < 4.78 is 21.1. The summed E-state index contributed by atoms with van der Waals surface area (Å²) in [6.07, 6.45) is 5.58. The van der Waals surface area contributed by atoms with Gasteiger partial charge < -0.3 is 34.6 Å². The highest BCUT2D eigenvalue weighted by atomic mass is 16.9. The van der Waals surface area contributed by atoms with Crippen molar-refractivity contribution in [2.75, 3.05) is 26.4 Å². The molecule has 15 heteroatoms. The van der Waals surface area contributed by atoms with Gasteiger partial charge >= 0.3 is 18.1 Å². The van der Waals surface area contributed by atoms with Gasteiger partial charge in [-0.05, 0) is 62.5 Å². The molecule has 4 aliphatic rings. The average molecular weight is 679 g/mol. The summed E-state index contributed by atoms with van der Waals surface area (Å²) in [6, 6.07) is -1.35. The second-order valence-electron chi connectivity index (χ2n) is 13.7. The Bertz CT molecular complexity index is 1360. The number of aliphatic hydroxyl groups is 1. The molecule has 0 spiro atoms. The number of hydrogen-bond donors (Lipinski definition) is 2. The molecule has 0 radical (unpaired) electrons. The van der Waals surface area contributed by atoms with E-state index in [0.29, 0.717) is 19.3 Å². The van der Waals surface area contributed by atoms with Crippen molar-refractivity contribution >= 4 is 29.7 Å². The van der Waals surface area contributed by atoms with E-state index >= 15 is 0 Å². The molecule has 0 heterocycles. The summed E-state index contributed by atoms with van der Waals surface area (Å²) >= 11 is 0. The quantitative estimate of drug-likeness (QED) is 0.0887. The average Bonchev–Trinajstić information content (AvgIpc) is 3.25. The van der Waals surface area contributed by atoms with Crippen LogP contribution in [0.4, 0.5) is 4.79 Å². The molecule has 3 N–H and O–H groups in total. The molecule has 3 saturated carbocycles. The van der Waals surface area contributed by atoms with Gasteiger partial charge in [0.15, 0.2) is 18.0 Å². The van der Waals surface area contributed by atoms with E-state index in [-0.39, 0.29) is 62.4 Å². The minimum Gasteiger partial charge on any atom is -0.464 e. The van der Waals surface area contributed by atoms with Crippen molar-refractivity contribution in [2.24, 2.45) is 40.2 Å². The van der Waals surface area contributed by atoms with Crippen molar-refractivity contribution in [1.29, 1.82) is 0 Å². The van der Waals surface area contributed by atoms with E-state index in [2.05, 4.69) is 4.84 Å². The van der Waals surface area contributed by atoms with Crippen molar-refractivity contribution < 1.29 is 58.0 Å². The first-order valence-corrected chi connectivity index (χ1v) is 16.5. The number of rotatable bonds is 14. The zero-order valence-electron chi connectivity index (χ0n) is 27.8. The molecule has 9 atom stereocenters. The fourth-order valence-corrected chi connectivity index (χ4v) is 8.89. The molecular formula is C33H46N2O13. The SMILES string of the molecule is CCC(=O)OC1(C(=O)COC(=O)OCC(N)C(=O)OCCCCO[N+](=O)[O-])[C@@H](C)CC2[C@@H]3CCC4=CC(=O)C=C[C@]4(C)C3[C@@H](O)C[C@@]21C. The number of allylic oxidation sites excluding steroid dienone is 4. The molecule has 0 aromatic rings. The maximum atomic E-state index is 14.2. The number of ether oxygens (including phenoxy) is 4. The van der Waals surface area contributed by atoms with E-state index in [0.717, 1.165) is 5.57 Å². The predicted molar refractivity (Wildman–Crippen MR) is 165 cm³/mol. The van der Waals surface area contributed by atoms with E-state index in [9.17, 15) is 39.2 Å². The molecule has 0 amide bonds. The summed E-state index contributed by atoms with van der Waals surface area (Å²) in [7, 11) is 0. The Morgan fingerprint density at radius 2 is 1.85 bits per heavy atom. The lowest BCUT2D eigenvalue weighted by atomic mass is 9.46. The molecule has 4 rings (SSSR count). The number of nitrogens with two attached hydrogens (primary N) is 1. The number of fused-ring (bicyclic) bond motifs is 5. The summed E-state index contributed by atoms with van der Waals surface area (Å²) in [6.45, 7) is 5.75. The van der Waals surface area contributed by atoms with Crippen LogP contribution in [0.2, 0.25) is 0 Å².